The highest BCUT2D eigenvalue weighted by Gasteiger charge is 2.17. The summed E-state index contributed by atoms with van der Waals surface area (Å²) >= 11 is 2.64. The minimum atomic E-state index is -0.446. The van der Waals surface area contributed by atoms with Crippen LogP contribution in [0.3, 0.4) is 0 Å². The molecule has 0 atom stereocenters. The predicted molar refractivity (Wildman–Crippen MR) is 117 cm³/mol. The normalized spacial score (nSPS) is 11.4. The molecule has 5 aromatic rings. The number of rotatable bonds is 3. The molecule has 29 heavy (non-hydrogen) atoms. The molecule has 0 aliphatic carbocycles. The maximum atomic E-state index is 12.8. The minimum absolute atomic E-state index is 0.308. The van der Waals surface area contributed by atoms with Crippen LogP contribution in [-0.2, 0) is 0 Å². The van der Waals surface area contributed by atoms with E-state index in [1.54, 1.807) is 19.2 Å². The molecule has 0 aliphatic rings. The van der Waals surface area contributed by atoms with Crippen molar-refractivity contribution >= 4 is 65.0 Å². The highest BCUT2D eigenvalue weighted by atomic mass is 32.1. The lowest BCUT2D eigenvalue weighted by molar-refractivity contribution is 0.103. The highest BCUT2D eigenvalue weighted by Crippen LogP contribution is 2.33. The number of methoxy groups -OCH3 is 1. The van der Waals surface area contributed by atoms with Gasteiger partial charge in [-0.15, -0.1) is 11.3 Å². The Hall–Kier alpha value is -3.23. The zero-order valence-electron chi connectivity index (χ0n) is 15.4. The van der Waals surface area contributed by atoms with Gasteiger partial charge in [0.2, 0.25) is 0 Å². The molecule has 2 aromatic carbocycles. The monoisotopic (exact) mass is 422 g/mol. The first-order valence-electron chi connectivity index (χ1n) is 8.75. The van der Waals surface area contributed by atoms with Crippen LogP contribution in [0.5, 0.6) is 5.75 Å². The van der Waals surface area contributed by atoms with Gasteiger partial charge in [0.15, 0.2) is 5.13 Å². The van der Waals surface area contributed by atoms with Crippen LogP contribution >= 0.6 is 22.7 Å². The fourth-order valence-electron chi connectivity index (χ4n) is 3.16. The number of anilines is 1. The molecule has 1 amide bonds. The molecule has 0 radical (unpaired) electrons. The summed E-state index contributed by atoms with van der Waals surface area (Å²) in [6.07, 6.45) is 0. The van der Waals surface area contributed by atoms with Gasteiger partial charge in [-0.25, -0.2) is 9.78 Å². The van der Waals surface area contributed by atoms with Crippen molar-refractivity contribution in [1.82, 2.24) is 4.98 Å². The Morgan fingerprint density at radius 2 is 1.97 bits per heavy atom. The summed E-state index contributed by atoms with van der Waals surface area (Å²) in [5.74, 6) is 0.426. The van der Waals surface area contributed by atoms with Crippen LogP contribution in [-0.4, -0.2) is 18.0 Å². The molecule has 8 heteroatoms. The van der Waals surface area contributed by atoms with E-state index in [9.17, 15) is 9.59 Å². The fraction of sp³-hybridized carbons (Fsp3) is 0.0952. The van der Waals surface area contributed by atoms with Gasteiger partial charge in [-0.2, -0.15) is 0 Å². The summed E-state index contributed by atoms with van der Waals surface area (Å²) in [6, 6.07) is 12.8. The van der Waals surface area contributed by atoms with Gasteiger partial charge >= 0.3 is 5.63 Å². The molecule has 3 heterocycles. The van der Waals surface area contributed by atoms with Crippen molar-refractivity contribution < 1.29 is 13.9 Å². The van der Waals surface area contributed by atoms with Crippen molar-refractivity contribution in [2.45, 2.75) is 6.92 Å². The maximum absolute atomic E-state index is 12.8. The van der Waals surface area contributed by atoms with Crippen molar-refractivity contribution in [3.05, 3.63) is 63.3 Å². The van der Waals surface area contributed by atoms with E-state index in [0.29, 0.717) is 21.0 Å². The zero-order valence-corrected chi connectivity index (χ0v) is 17.1. The van der Waals surface area contributed by atoms with Crippen molar-refractivity contribution in [3.63, 3.8) is 0 Å². The van der Waals surface area contributed by atoms with E-state index in [-0.39, 0.29) is 5.91 Å². The van der Waals surface area contributed by atoms with E-state index in [1.165, 1.54) is 22.7 Å². The number of nitrogens with one attached hydrogen (secondary N) is 1. The van der Waals surface area contributed by atoms with Gasteiger partial charge in [-0.1, -0.05) is 23.0 Å². The average molecular weight is 422 g/mol. The number of aryl methyl sites for hydroxylation is 1. The van der Waals surface area contributed by atoms with Crippen molar-refractivity contribution in [2.75, 3.05) is 12.4 Å². The number of benzene rings is 2. The van der Waals surface area contributed by atoms with Crippen molar-refractivity contribution in [3.8, 4) is 5.75 Å². The van der Waals surface area contributed by atoms with Crippen LogP contribution in [0, 0.1) is 6.92 Å². The van der Waals surface area contributed by atoms with Crippen LogP contribution in [0.4, 0.5) is 5.13 Å². The topological polar surface area (TPSA) is 81.4 Å². The first-order chi connectivity index (χ1) is 14.0. The zero-order chi connectivity index (χ0) is 20.1. The Kier molecular flexibility index (Phi) is 4.11. The second-order valence-corrected chi connectivity index (χ2v) is 8.63. The first-order valence-corrected chi connectivity index (χ1v) is 10.4. The lowest BCUT2D eigenvalue weighted by Crippen LogP contribution is -2.09. The lowest BCUT2D eigenvalue weighted by atomic mass is 10.1. The van der Waals surface area contributed by atoms with Crippen LogP contribution in [0.15, 0.2) is 51.7 Å². The third kappa shape index (κ3) is 3.06. The standard InChI is InChI=1S/C21H14N2O4S2/c1-10-3-6-15-12(7-10)18-13(20(25)27-15)9-17(28-18)19(24)23-21-22-14-5-4-11(26-2)8-16(14)29-21/h3-9H,1-2H3,(H,22,23,24). The van der Waals surface area contributed by atoms with Gasteiger partial charge < -0.3 is 9.15 Å². The summed E-state index contributed by atoms with van der Waals surface area (Å²) in [6.45, 7) is 1.97. The largest absolute Gasteiger partial charge is 0.497 e. The third-order valence-corrected chi connectivity index (χ3v) is 6.67. The number of fused-ring (bicyclic) bond motifs is 4. The fourth-order valence-corrected chi connectivity index (χ4v) is 5.12. The molecule has 0 spiro atoms. The average Bonchev–Trinajstić information content (AvgIpc) is 3.32. The molecule has 0 unspecified atom stereocenters. The van der Waals surface area contributed by atoms with Crippen molar-refractivity contribution in [1.29, 1.82) is 0 Å². The number of thiazole rings is 1. The smallest absolute Gasteiger partial charge is 0.345 e. The number of nitrogens with zero attached hydrogens (tertiary/aromatic N) is 1. The molecular formula is C21H14N2O4S2. The maximum Gasteiger partial charge on any atom is 0.345 e. The number of thiophene rings is 1. The molecule has 0 aliphatic heterocycles. The number of carbonyl (C=O) groups excluding carboxylic acids is 1. The van der Waals surface area contributed by atoms with Gasteiger partial charge in [0.1, 0.15) is 11.3 Å². The van der Waals surface area contributed by atoms with Crippen molar-refractivity contribution in [2.24, 2.45) is 0 Å². The molecule has 0 fully saturated rings. The molecule has 0 saturated carbocycles. The summed E-state index contributed by atoms with van der Waals surface area (Å²) in [4.78, 5) is 30.0. The summed E-state index contributed by atoms with van der Waals surface area (Å²) in [5, 5.41) is 4.56. The first kappa shape index (κ1) is 17.8. The SMILES string of the molecule is COc1ccc2nc(NC(=O)c3cc4c(=O)oc5ccc(C)cc5c4s3)sc2c1. The number of ether oxygens (including phenoxy) is 1. The Balaban J connectivity index is 1.54. The molecule has 5 rings (SSSR count). The summed E-state index contributed by atoms with van der Waals surface area (Å²) in [7, 11) is 1.61. The lowest BCUT2D eigenvalue weighted by Gasteiger charge is -1.99. The molecular weight excluding hydrogens is 408 g/mol. The van der Waals surface area contributed by atoms with Gasteiger partial charge in [0, 0.05) is 5.39 Å². The van der Waals surface area contributed by atoms with Gasteiger partial charge in [0.25, 0.3) is 5.91 Å². The second-order valence-electron chi connectivity index (χ2n) is 6.55. The summed E-state index contributed by atoms with van der Waals surface area (Å²) in [5.41, 5.74) is 1.90. The number of amides is 1. The van der Waals surface area contributed by atoms with Gasteiger partial charge in [-0.3, -0.25) is 10.1 Å². The molecule has 3 aromatic heterocycles. The molecule has 0 saturated heterocycles. The van der Waals surface area contributed by atoms with Crippen LogP contribution in [0.2, 0.25) is 0 Å². The van der Waals surface area contributed by atoms with E-state index in [2.05, 4.69) is 10.3 Å². The van der Waals surface area contributed by atoms with Gasteiger partial charge in [0.05, 0.1) is 32.3 Å². The Morgan fingerprint density at radius 1 is 1.10 bits per heavy atom. The van der Waals surface area contributed by atoms with E-state index >= 15 is 0 Å². The third-order valence-electron chi connectivity index (χ3n) is 4.57. The van der Waals surface area contributed by atoms with E-state index in [1.807, 2.05) is 37.3 Å². The Bertz CT molecular complexity index is 1480. The van der Waals surface area contributed by atoms with Gasteiger partial charge in [-0.05, 0) is 43.3 Å². The quantitative estimate of drug-likeness (QED) is 0.405. The number of carbonyl (C=O) groups is 1. The molecule has 1 N–H and O–H groups in total. The second kappa shape index (κ2) is 6.68. The molecule has 6 nitrogen and oxygen atoms in total. The summed E-state index contributed by atoms with van der Waals surface area (Å²) < 4.78 is 12.3. The van der Waals surface area contributed by atoms with Crippen LogP contribution in [0.1, 0.15) is 15.2 Å². The van der Waals surface area contributed by atoms with E-state index in [0.717, 1.165) is 31.6 Å². The number of hydrogen-bond donors (Lipinski definition) is 1. The van der Waals surface area contributed by atoms with Crippen LogP contribution in [0.25, 0.3) is 31.3 Å². The number of aromatic nitrogens is 1. The molecule has 0 bridgehead atoms. The van der Waals surface area contributed by atoms with E-state index < -0.39 is 5.63 Å². The highest BCUT2D eigenvalue weighted by molar-refractivity contribution is 7.23. The predicted octanol–water partition coefficient (Wildman–Crippen LogP) is 5.19. The Labute approximate surface area is 172 Å². The Morgan fingerprint density at radius 3 is 2.79 bits per heavy atom. The minimum Gasteiger partial charge on any atom is -0.497 e. The number of hydrogen-bond acceptors (Lipinski definition) is 7. The van der Waals surface area contributed by atoms with Crippen LogP contribution < -0.4 is 15.7 Å². The molecule has 144 valence electrons. The van der Waals surface area contributed by atoms with E-state index in [4.69, 9.17) is 9.15 Å².